The van der Waals surface area contributed by atoms with Gasteiger partial charge in [0.05, 0.1) is 6.61 Å². The van der Waals surface area contributed by atoms with Crippen LogP contribution < -0.4 is 5.32 Å². The number of rotatable bonds is 5. The lowest BCUT2D eigenvalue weighted by Crippen LogP contribution is -2.55. The van der Waals surface area contributed by atoms with E-state index in [9.17, 15) is 5.11 Å². The summed E-state index contributed by atoms with van der Waals surface area (Å²) in [5.41, 5.74) is -0.0365. The molecule has 2 atom stereocenters. The molecule has 1 aliphatic carbocycles. The van der Waals surface area contributed by atoms with Gasteiger partial charge in [0.1, 0.15) is 0 Å². The van der Waals surface area contributed by atoms with Crippen molar-refractivity contribution in [2.45, 2.75) is 64.1 Å². The SMILES string of the molecule is CCN(C(C)C)C1CCCC(CO)(NC)C1. The highest BCUT2D eigenvalue weighted by Crippen LogP contribution is 2.31. The van der Waals surface area contributed by atoms with Gasteiger partial charge in [0.25, 0.3) is 0 Å². The van der Waals surface area contributed by atoms with E-state index >= 15 is 0 Å². The molecule has 1 saturated carbocycles. The molecule has 0 saturated heterocycles. The number of nitrogens with one attached hydrogen (secondary N) is 1. The number of hydrogen-bond donors (Lipinski definition) is 2. The maximum atomic E-state index is 9.57. The standard InChI is InChI=1S/C13H28N2O/c1-5-15(11(2)3)12-7-6-8-13(9-12,10-16)14-4/h11-12,14,16H,5-10H2,1-4H3. The van der Waals surface area contributed by atoms with Gasteiger partial charge in [-0.15, -0.1) is 0 Å². The predicted molar refractivity (Wildman–Crippen MR) is 68.6 cm³/mol. The largest absolute Gasteiger partial charge is 0.394 e. The van der Waals surface area contributed by atoms with Crippen molar-refractivity contribution in [2.24, 2.45) is 0 Å². The molecule has 3 heteroatoms. The van der Waals surface area contributed by atoms with Crippen LogP contribution >= 0.6 is 0 Å². The summed E-state index contributed by atoms with van der Waals surface area (Å²) in [4.78, 5) is 2.56. The zero-order chi connectivity index (χ0) is 12.2. The minimum absolute atomic E-state index is 0.0365. The van der Waals surface area contributed by atoms with Crippen LogP contribution in [0, 0.1) is 0 Å². The predicted octanol–water partition coefficient (Wildman–Crippen LogP) is 1.61. The van der Waals surface area contributed by atoms with Crippen LogP contribution in [0.1, 0.15) is 46.5 Å². The lowest BCUT2D eigenvalue weighted by molar-refractivity contribution is 0.0520. The molecule has 96 valence electrons. The summed E-state index contributed by atoms with van der Waals surface area (Å²) >= 11 is 0. The molecule has 0 aliphatic heterocycles. The monoisotopic (exact) mass is 228 g/mol. The molecular formula is C13H28N2O. The van der Waals surface area contributed by atoms with E-state index in [1.54, 1.807) is 0 Å². The number of aliphatic hydroxyl groups excluding tert-OH is 1. The summed E-state index contributed by atoms with van der Waals surface area (Å²) in [7, 11) is 1.98. The van der Waals surface area contributed by atoms with Gasteiger partial charge in [0, 0.05) is 17.6 Å². The van der Waals surface area contributed by atoms with Gasteiger partial charge in [-0.05, 0) is 53.1 Å². The van der Waals surface area contributed by atoms with Gasteiger partial charge in [-0.25, -0.2) is 0 Å². The van der Waals surface area contributed by atoms with E-state index in [1.807, 2.05) is 7.05 Å². The Morgan fingerprint density at radius 1 is 1.50 bits per heavy atom. The molecule has 0 heterocycles. The highest BCUT2D eigenvalue weighted by Gasteiger charge is 2.36. The fourth-order valence-corrected chi connectivity index (χ4v) is 3.11. The van der Waals surface area contributed by atoms with Crippen molar-refractivity contribution in [3.63, 3.8) is 0 Å². The normalized spacial score (nSPS) is 31.3. The van der Waals surface area contributed by atoms with E-state index < -0.39 is 0 Å². The van der Waals surface area contributed by atoms with Crippen molar-refractivity contribution in [3.8, 4) is 0 Å². The highest BCUT2D eigenvalue weighted by atomic mass is 16.3. The first kappa shape index (κ1) is 13.9. The fourth-order valence-electron chi connectivity index (χ4n) is 3.11. The van der Waals surface area contributed by atoms with Crippen LogP contribution in [0.3, 0.4) is 0 Å². The minimum atomic E-state index is -0.0365. The van der Waals surface area contributed by atoms with E-state index in [2.05, 4.69) is 31.0 Å². The van der Waals surface area contributed by atoms with Crippen molar-refractivity contribution in [1.82, 2.24) is 10.2 Å². The molecule has 2 N–H and O–H groups in total. The lowest BCUT2D eigenvalue weighted by Gasteiger charge is -2.45. The molecule has 0 aromatic heterocycles. The maximum absolute atomic E-state index is 9.57. The second kappa shape index (κ2) is 5.99. The van der Waals surface area contributed by atoms with Gasteiger partial charge < -0.3 is 10.4 Å². The van der Waals surface area contributed by atoms with Crippen molar-refractivity contribution in [3.05, 3.63) is 0 Å². The van der Waals surface area contributed by atoms with Crippen LogP contribution in [0.4, 0.5) is 0 Å². The Morgan fingerprint density at radius 2 is 2.19 bits per heavy atom. The molecular weight excluding hydrogens is 200 g/mol. The van der Waals surface area contributed by atoms with Crippen molar-refractivity contribution in [1.29, 1.82) is 0 Å². The zero-order valence-electron chi connectivity index (χ0n) is 11.3. The third-order valence-corrected chi connectivity index (χ3v) is 4.15. The average molecular weight is 228 g/mol. The molecule has 0 amide bonds. The average Bonchev–Trinajstić information content (AvgIpc) is 2.30. The van der Waals surface area contributed by atoms with Gasteiger partial charge >= 0.3 is 0 Å². The topological polar surface area (TPSA) is 35.5 Å². The molecule has 16 heavy (non-hydrogen) atoms. The van der Waals surface area contributed by atoms with Gasteiger partial charge in [0.2, 0.25) is 0 Å². The van der Waals surface area contributed by atoms with Crippen LogP contribution in [-0.4, -0.2) is 47.8 Å². The minimum Gasteiger partial charge on any atom is -0.394 e. The van der Waals surface area contributed by atoms with Crippen LogP contribution in [-0.2, 0) is 0 Å². The van der Waals surface area contributed by atoms with Gasteiger partial charge in [-0.1, -0.05) is 6.92 Å². The van der Waals surface area contributed by atoms with Crippen LogP contribution in [0.15, 0.2) is 0 Å². The van der Waals surface area contributed by atoms with Gasteiger partial charge in [-0.3, -0.25) is 4.90 Å². The van der Waals surface area contributed by atoms with Crippen LogP contribution in [0.25, 0.3) is 0 Å². The third-order valence-electron chi connectivity index (χ3n) is 4.15. The number of aliphatic hydroxyl groups is 1. The van der Waals surface area contributed by atoms with Gasteiger partial charge in [0.15, 0.2) is 0 Å². The van der Waals surface area contributed by atoms with Crippen LogP contribution in [0.2, 0.25) is 0 Å². The zero-order valence-corrected chi connectivity index (χ0v) is 11.3. The third kappa shape index (κ3) is 2.96. The summed E-state index contributed by atoms with van der Waals surface area (Å²) in [6, 6.07) is 1.22. The Hall–Kier alpha value is -0.120. The second-order valence-electron chi connectivity index (χ2n) is 5.36. The molecule has 0 aromatic rings. The Morgan fingerprint density at radius 3 is 2.62 bits per heavy atom. The first-order valence-electron chi connectivity index (χ1n) is 6.64. The quantitative estimate of drug-likeness (QED) is 0.750. The molecule has 0 radical (unpaired) electrons. The molecule has 0 bridgehead atoms. The van der Waals surface area contributed by atoms with E-state index in [4.69, 9.17) is 0 Å². The smallest absolute Gasteiger partial charge is 0.0613 e. The summed E-state index contributed by atoms with van der Waals surface area (Å²) in [5.74, 6) is 0. The Balaban J connectivity index is 2.68. The van der Waals surface area contributed by atoms with E-state index in [-0.39, 0.29) is 12.1 Å². The Bertz CT molecular complexity index is 202. The first-order valence-corrected chi connectivity index (χ1v) is 6.64. The Kier molecular flexibility index (Phi) is 5.22. The summed E-state index contributed by atoms with van der Waals surface area (Å²) < 4.78 is 0. The van der Waals surface area contributed by atoms with Crippen molar-refractivity contribution < 1.29 is 5.11 Å². The first-order chi connectivity index (χ1) is 7.58. The van der Waals surface area contributed by atoms with E-state index in [1.165, 1.54) is 12.8 Å². The molecule has 1 aliphatic rings. The summed E-state index contributed by atoms with van der Waals surface area (Å²) in [6.45, 7) is 8.12. The molecule has 0 aromatic carbocycles. The van der Waals surface area contributed by atoms with E-state index in [0.717, 1.165) is 19.4 Å². The molecule has 1 fully saturated rings. The Labute approximate surface area is 100 Å². The van der Waals surface area contributed by atoms with Gasteiger partial charge in [-0.2, -0.15) is 0 Å². The molecule has 2 unspecified atom stereocenters. The fraction of sp³-hybridized carbons (Fsp3) is 1.00. The van der Waals surface area contributed by atoms with Crippen molar-refractivity contribution in [2.75, 3.05) is 20.2 Å². The second-order valence-corrected chi connectivity index (χ2v) is 5.36. The molecule has 1 rings (SSSR count). The van der Waals surface area contributed by atoms with Crippen LogP contribution in [0.5, 0.6) is 0 Å². The number of nitrogens with zero attached hydrogens (tertiary/aromatic N) is 1. The molecule has 0 spiro atoms. The number of hydrogen-bond acceptors (Lipinski definition) is 3. The van der Waals surface area contributed by atoms with Crippen molar-refractivity contribution >= 4 is 0 Å². The van der Waals surface area contributed by atoms with E-state index in [0.29, 0.717) is 12.1 Å². The summed E-state index contributed by atoms with van der Waals surface area (Å²) in [6.07, 6.45) is 4.67. The highest BCUT2D eigenvalue weighted by molar-refractivity contribution is 4.95. The molecule has 3 nitrogen and oxygen atoms in total. The lowest BCUT2D eigenvalue weighted by atomic mass is 9.78. The number of likely N-dealkylation sites (N-methyl/N-ethyl adjacent to an activating group) is 1. The summed E-state index contributed by atoms with van der Waals surface area (Å²) in [5, 5.41) is 12.9. The maximum Gasteiger partial charge on any atom is 0.0613 e.